The number of carbonyl (C=O) groups excluding carboxylic acids is 2. The Morgan fingerprint density at radius 2 is 1.76 bits per heavy atom. The fourth-order valence-electron chi connectivity index (χ4n) is 6.41. The zero-order valence-electron chi connectivity index (χ0n) is 26.4. The number of carboxylic acid groups (broad SMARTS) is 1. The van der Waals surface area contributed by atoms with Crippen molar-refractivity contribution in [2.75, 3.05) is 11.9 Å². The molecule has 1 aliphatic carbocycles. The van der Waals surface area contributed by atoms with Gasteiger partial charge in [0.05, 0.1) is 44.4 Å². The number of aryl methyl sites for hydroxylation is 1. The Morgan fingerprint density at radius 3 is 2.46 bits per heavy atom. The van der Waals surface area contributed by atoms with Crippen LogP contribution < -0.4 is 10.6 Å². The minimum Gasteiger partial charge on any atom is -0.480 e. The van der Waals surface area contributed by atoms with Gasteiger partial charge in [-0.2, -0.15) is 14.7 Å². The molecule has 16 heteroatoms. The Morgan fingerprint density at radius 1 is 1.04 bits per heavy atom. The van der Waals surface area contributed by atoms with Crippen LogP contribution in [0.5, 0.6) is 0 Å². The smallest absolute Gasteiger partial charge is 0.326 e. The average molecular weight is 737 g/mol. The number of sulfonamides is 1. The predicted octanol–water partition coefficient (Wildman–Crippen LogP) is 4.40. The number of aromatic nitrogens is 3. The third-order valence-corrected chi connectivity index (χ3v) is 11.3. The molecule has 3 N–H and O–H groups in total. The van der Waals surface area contributed by atoms with Crippen molar-refractivity contribution in [1.82, 2.24) is 24.4 Å². The summed E-state index contributed by atoms with van der Waals surface area (Å²) >= 11 is 12.2. The number of nitrogens with one attached hydrogen (secondary N) is 2. The molecule has 4 aromatic rings. The number of pyridine rings is 1. The quantitative estimate of drug-likeness (QED) is 0.212. The lowest BCUT2D eigenvalue weighted by molar-refractivity contribution is -0.142. The van der Waals surface area contributed by atoms with Gasteiger partial charge in [0.1, 0.15) is 12.1 Å². The van der Waals surface area contributed by atoms with Crippen molar-refractivity contribution in [2.45, 2.75) is 61.5 Å². The molecule has 1 saturated heterocycles. The number of amides is 2. The molecule has 0 unspecified atom stereocenters. The topological polar surface area (TPSA) is 187 Å². The van der Waals surface area contributed by atoms with E-state index in [0.29, 0.717) is 11.3 Å². The van der Waals surface area contributed by atoms with E-state index in [1.807, 2.05) is 10.8 Å². The SMILES string of the molecule is N#Cc1cccc(S(=O)(=O)N2C[C@H](n3ncc4c3CCCC4)C[C@H]2C(=O)N[C@@H](Cc2ccc(NC(=O)c3c(Cl)cncc3Cl)cc2)C(=O)O)c1. The van der Waals surface area contributed by atoms with Gasteiger partial charge < -0.3 is 15.7 Å². The maximum absolute atomic E-state index is 14.0. The third-order valence-electron chi connectivity index (χ3n) is 8.89. The Bertz CT molecular complexity index is 2100. The van der Waals surface area contributed by atoms with Gasteiger partial charge in [-0.05, 0) is 73.6 Å². The monoisotopic (exact) mass is 735 g/mol. The van der Waals surface area contributed by atoms with Gasteiger partial charge in [-0.1, -0.05) is 41.4 Å². The summed E-state index contributed by atoms with van der Waals surface area (Å²) in [5, 5.41) is 29.4. The highest BCUT2D eigenvalue weighted by Crippen LogP contribution is 2.35. The third kappa shape index (κ3) is 7.22. The first-order chi connectivity index (χ1) is 24.0. The van der Waals surface area contributed by atoms with Gasteiger partial charge in [-0.15, -0.1) is 0 Å². The second-order valence-corrected chi connectivity index (χ2v) is 14.8. The van der Waals surface area contributed by atoms with E-state index in [1.54, 1.807) is 30.5 Å². The second kappa shape index (κ2) is 14.6. The lowest BCUT2D eigenvalue weighted by Crippen LogP contribution is -2.51. The van der Waals surface area contributed by atoms with E-state index in [9.17, 15) is 33.2 Å². The van der Waals surface area contributed by atoms with Gasteiger partial charge in [0.25, 0.3) is 5.91 Å². The molecule has 1 fully saturated rings. The first-order valence-electron chi connectivity index (χ1n) is 15.8. The summed E-state index contributed by atoms with van der Waals surface area (Å²) in [6.07, 6.45) is 7.99. The predicted molar refractivity (Wildman–Crippen MR) is 183 cm³/mol. The van der Waals surface area contributed by atoms with Crippen LogP contribution in [0.1, 0.15) is 58.0 Å². The largest absolute Gasteiger partial charge is 0.480 e. The molecule has 2 aromatic carbocycles. The lowest BCUT2D eigenvalue weighted by atomic mass is 9.98. The summed E-state index contributed by atoms with van der Waals surface area (Å²) in [6, 6.07) is 10.7. The number of halogens is 2. The Labute approximate surface area is 297 Å². The van der Waals surface area contributed by atoms with Crippen LogP contribution in [0.2, 0.25) is 10.0 Å². The minimum absolute atomic E-state index is 0.0523. The van der Waals surface area contributed by atoms with E-state index in [1.165, 1.54) is 36.7 Å². The summed E-state index contributed by atoms with van der Waals surface area (Å²) < 4.78 is 30.9. The van der Waals surface area contributed by atoms with Crippen LogP contribution in [0, 0.1) is 11.3 Å². The summed E-state index contributed by atoms with van der Waals surface area (Å²) in [6.45, 7) is -0.0633. The average Bonchev–Trinajstić information content (AvgIpc) is 3.74. The molecule has 2 aliphatic rings. The van der Waals surface area contributed by atoms with Crippen molar-refractivity contribution in [3.8, 4) is 6.07 Å². The molecule has 3 atom stereocenters. The molecule has 0 radical (unpaired) electrons. The zero-order chi connectivity index (χ0) is 35.6. The molecule has 3 heterocycles. The number of hydrogen-bond donors (Lipinski definition) is 3. The molecule has 2 aromatic heterocycles. The molecule has 1 aliphatic heterocycles. The van der Waals surface area contributed by atoms with Crippen LogP contribution in [-0.2, 0) is 38.9 Å². The Kier molecular flexibility index (Phi) is 10.2. The van der Waals surface area contributed by atoms with Crippen molar-refractivity contribution in [1.29, 1.82) is 5.26 Å². The van der Waals surface area contributed by atoms with Gasteiger partial charge in [0, 0.05) is 36.7 Å². The van der Waals surface area contributed by atoms with Crippen molar-refractivity contribution in [3.63, 3.8) is 0 Å². The van der Waals surface area contributed by atoms with Crippen LogP contribution in [-0.4, -0.2) is 69.0 Å². The molecule has 0 saturated carbocycles. The normalized spacial score (nSPS) is 18.1. The van der Waals surface area contributed by atoms with Gasteiger partial charge in [-0.3, -0.25) is 19.3 Å². The van der Waals surface area contributed by atoms with E-state index in [-0.39, 0.29) is 45.5 Å². The molecule has 2 amide bonds. The number of anilines is 1. The molecule has 13 nitrogen and oxygen atoms in total. The zero-order valence-corrected chi connectivity index (χ0v) is 28.7. The number of hydrogen-bond acceptors (Lipinski definition) is 8. The van der Waals surface area contributed by atoms with Gasteiger partial charge in [-0.25, -0.2) is 13.2 Å². The molecular formula is C34H31Cl2N7O6S. The number of benzene rings is 2. The number of carboxylic acids is 1. The van der Waals surface area contributed by atoms with Crippen LogP contribution in [0.15, 0.2) is 72.0 Å². The van der Waals surface area contributed by atoms with Crippen molar-refractivity contribution >= 4 is 56.7 Å². The highest BCUT2D eigenvalue weighted by atomic mass is 35.5. The summed E-state index contributed by atoms with van der Waals surface area (Å²) in [4.78, 5) is 42.7. The van der Waals surface area contributed by atoms with E-state index in [4.69, 9.17) is 23.2 Å². The van der Waals surface area contributed by atoms with E-state index in [0.717, 1.165) is 41.2 Å². The van der Waals surface area contributed by atoms with Crippen molar-refractivity contribution in [2.24, 2.45) is 0 Å². The van der Waals surface area contributed by atoms with Crippen molar-refractivity contribution < 1.29 is 27.9 Å². The van der Waals surface area contributed by atoms with E-state index < -0.39 is 45.9 Å². The molecular weight excluding hydrogens is 705 g/mol. The van der Waals surface area contributed by atoms with Gasteiger partial charge in [0.2, 0.25) is 15.9 Å². The first-order valence-corrected chi connectivity index (χ1v) is 18.0. The first kappa shape index (κ1) is 35.0. The summed E-state index contributed by atoms with van der Waals surface area (Å²) in [5.41, 5.74) is 3.23. The number of fused-ring (bicyclic) bond motifs is 1. The molecule has 50 heavy (non-hydrogen) atoms. The number of aliphatic carboxylic acids is 1. The lowest BCUT2D eigenvalue weighted by Gasteiger charge is -2.25. The molecule has 0 bridgehead atoms. The summed E-state index contributed by atoms with van der Waals surface area (Å²) in [5.74, 6) is -2.64. The maximum atomic E-state index is 14.0. The van der Waals surface area contributed by atoms with Crippen LogP contribution >= 0.6 is 23.2 Å². The summed E-state index contributed by atoms with van der Waals surface area (Å²) in [7, 11) is -4.29. The van der Waals surface area contributed by atoms with Gasteiger partial charge in [0.15, 0.2) is 0 Å². The highest BCUT2D eigenvalue weighted by molar-refractivity contribution is 7.89. The van der Waals surface area contributed by atoms with E-state index in [2.05, 4.69) is 20.7 Å². The fraction of sp³-hybridized carbons (Fsp3) is 0.294. The Hall–Kier alpha value is -4.81. The number of carbonyl (C=O) groups is 3. The molecule has 258 valence electrons. The number of nitrogens with zero attached hydrogens (tertiary/aromatic N) is 5. The standard InChI is InChI=1S/C34H31Cl2N7O6S/c35-26-17-38-18-27(36)31(26)33(45)40-23-10-8-20(9-11-23)13-28(34(46)47)41-32(44)30-14-24(43-29-7-2-1-5-22(29)16-39-43)19-42(30)50(48,49)25-6-3-4-21(12-25)15-37/h3-4,6,8-12,16-18,24,28,30H,1-2,5,7,13-14,19H2,(H,40,45)(H,41,44)(H,46,47)/t24-,28+,30+/m1/s1. The van der Waals surface area contributed by atoms with Gasteiger partial charge >= 0.3 is 5.97 Å². The van der Waals surface area contributed by atoms with Crippen molar-refractivity contribution in [3.05, 3.63) is 105 Å². The Balaban J connectivity index is 1.21. The molecule has 0 spiro atoms. The van der Waals surface area contributed by atoms with Crippen LogP contribution in [0.25, 0.3) is 0 Å². The number of rotatable bonds is 10. The maximum Gasteiger partial charge on any atom is 0.326 e. The second-order valence-electron chi connectivity index (χ2n) is 12.1. The number of nitriles is 1. The fourth-order valence-corrected chi connectivity index (χ4v) is 8.63. The molecule has 6 rings (SSSR count). The highest BCUT2D eigenvalue weighted by Gasteiger charge is 2.46. The van der Waals surface area contributed by atoms with Crippen LogP contribution in [0.4, 0.5) is 5.69 Å². The van der Waals surface area contributed by atoms with E-state index >= 15 is 0 Å². The van der Waals surface area contributed by atoms with Crippen LogP contribution in [0.3, 0.4) is 0 Å². The minimum atomic E-state index is -4.29.